The van der Waals surface area contributed by atoms with Crippen molar-refractivity contribution in [3.63, 3.8) is 0 Å². The lowest BCUT2D eigenvalue weighted by atomic mass is 10.1. The third kappa shape index (κ3) is 2.17. The molecule has 0 amide bonds. The number of nitrogens with zero attached hydrogens (tertiary/aromatic N) is 3. The summed E-state index contributed by atoms with van der Waals surface area (Å²) in [6.45, 7) is 0. The maximum Gasteiger partial charge on any atom is 0.242 e. The van der Waals surface area contributed by atoms with Crippen molar-refractivity contribution in [2.75, 3.05) is 17.2 Å². The van der Waals surface area contributed by atoms with Gasteiger partial charge in [-0.05, 0) is 12.1 Å². The van der Waals surface area contributed by atoms with Crippen molar-refractivity contribution in [3.8, 4) is 11.3 Å². The van der Waals surface area contributed by atoms with Crippen molar-refractivity contribution < 1.29 is 0 Å². The van der Waals surface area contributed by atoms with Gasteiger partial charge < -0.3 is 17.2 Å². The summed E-state index contributed by atoms with van der Waals surface area (Å²) in [6, 6.07) is 3.17. The zero-order chi connectivity index (χ0) is 12.6. The summed E-state index contributed by atoms with van der Waals surface area (Å²) in [5.41, 5.74) is 17.9. The van der Waals surface area contributed by atoms with Crippen LogP contribution in [0.1, 0.15) is 0 Å². The predicted octanol–water partition coefficient (Wildman–Crippen LogP) is 1.59. The highest BCUT2D eigenvalue weighted by Gasteiger charge is 2.11. The summed E-state index contributed by atoms with van der Waals surface area (Å²) >= 11 is 11.8. The molecule has 0 radical (unpaired) electrons. The van der Waals surface area contributed by atoms with E-state index in [1.54, 1.807) is 12.1 Å². The minimum absolute atomic E-state index is 0.00103. The molecule has 0 saturated heterocycles. The normalized spacial score (nSPS) is 10.5. The second-order valence-electron chi connectivity index (χ2n) is 3.26. The van der Waals surface area contributed by atoms with E-state index in [0.29, 0.717) is 27.0 Å². The lowest BCUT2D eigenvalue weighted by molar-refractivity contribution is 1.000. The molecule has 0 spiro atoms. The Hall–Kier alpha value is -1.79. The average Bonchev–Trinajstić information content (AvgIpc) is 2.25. The lowest BCUT2D eigenvalue weighted by Gasteiger charge is -2.07. The van der Waals surface area contributed by atoms with Crippen LogP contribution in [0.3, 0.4) is 0 Å². The first-order chi connectivity index (χ1) is 7.99. The molecule has 0 saturated carbocycles. The molecule has 88 valence electrons. The van der Waals surface area contributed by atoms with E-state index in [4.69, 9.17) is 40.4 Å². The van der Waals surface area contributed by atoms with Crippen LogP contribution in [0.25, 0.3) is 11.3 Å². The fraction of sp³-hybridized carbons (Fsp3) is 0. The van der Waals surface area contributed by atoms with Gasteiger partial charge in [0.05, 0.1) is 15.7 Å². The Morgan fingerprint density at radius 3 is 2.06 bits per heavy atom. The highest BCUT2D eigenvalue weighted by atomic mass is 35.5. The molecule has 1 aromatic heterocycles. The van der Waals surface area contributed by atoms with Gasteiger partial charge in [0.2, 0.25) is 5.95 Å². The van der Waals surface area contributed by atoms with Gasteiger partial charge >= 0.3 is 0 Å². The van der Waals surface area contributed by atoms with Gasteiger partial charge in [-0.3, -0.25) is 0 Å². The fourth-order valence-electron chi connectivity index (χ4n) is 1.28. The molecule has 2 aromatic rings. The summed E-state index contributed by atoms with van der Waals surface area (Å²) in [6.07, 6.45) is 0. The van der Waals surface area contributed by atoms with Crippen LogP contribution < -0.4 is 17.2 Å². The maximum atomic E-state index is 5.91. The summed E-state index contributed by atoms with van der Waals surface area (Å²) in [5.74, 6) is 0.147. The van der Waals surface area contributed by atoms with E-state index in [0.717, 1.165) is 0 Å². The quantitative estimate of drug-likeness (QED) is 0.678. The SMILES string of the molecule is Nc1nnc(-c2cc(Cl)c(N)c(Cl)c2)c(N)n1. The van der Waals surface area contributed by atoms with E-state index < -0.39 is 0 Å². The topological polar surface area (TPSA) is 117 Å². The zero-order valence-electron chi connectivity index (χ0n) is 8.48. The van der Waals surface area contributed by atoms with Gasteiger partial charge in [-0.15, -0.1) is 10.2 Å². The molecule has 0 aliphatic carbocycles. The number of nitrogens with two attached hydrogens (primary N) is 3. The van der Waals surface area contributed by atoms with E-state index in [2.05, 4.69) is 15.2 Å². The van der Waals surface area contributed by atoms with Gasteiger partial charge in [0.15, 0.2) is 5.82 Å². The molecular formula is C9H8Cl2N6. The second-order valence-corrected chi connectivity index (χ2v) is 4.07. The van der Waals surface area contributed by atoms with Crippen molar-refractivity contribution in [1.82, 2.24) is 15.2 Å². The Morgan fingerprint density at radius 2 is 1.53 bits per heavy atom. The van der Waals surface area contributed by atoms with E-state index in [-0.39, 0.29) is 11.8 Å². The second kappa shape index (κ2) is 4.23. The molecule has 0 bridgehead atoms. The monoisotopic (exact) mass is 270 g/mol. The van der Waals surface area contributed by atoms with Gasteiger partial charge in [-0.1, -0.05) is 23.2 Å². The molecule has 17 heavy (non-hydrogen) atoms. The summed E-state index contributed by atoms with van der Waals surface area (Å²) in [5, 5.41) is 8.08. The van der Waals surface area contributed by atoms with Crippen LogP contribution in [-0.4, -0.2) is 15.2 Å². The van der Waals surface area contributed by atoms with E-state index in [1.807, 2.05) is 0 Å². The van der Waals surface area contributed by atoms with Crippen LogP contribution in [0.4, 0.5) is 17.5 Å². The summed E-state index contributed by atoms with van der Waals surface area (Å²) < 4.78 is 0. The molecule has 0 fully saturated rings. The van der Waals surface area contributed by atoms with Crippen LogP contribution in [0.2, 0.25) is 10.0 Å². The molecule has 0 unspecified atom stereocenters. The van der Waals surface area contributed by atoms with Crippen LogP contribution >= 0.6 is 23.2 Å². The first-order valence-corrected chi connectivity index (χ1v) is 5.25. The largest absolute Gasteiger partial charge is 0.396 e. The van der Waals surface area contributed by atoms with Crippen LogP contribution in [-0.2, 0) is 0 Å². The Bertz CT molecular complexity index is 563. The van der Waals surface area contributed by atoms with Gasteiger partial charge in [-0.25, -0.2) is 0 Å². The van der Waals surface area contributed by atoms with Crippen molar-refractivity contribution >= 4 is 40.7 Å². The van der Waals surface area contributed by atoms with Crippen molar-refractivity contribution in [2.24, 2.45) is 0 Å². The highest BCUT2D eigenvalue weighted by Crippen LogP contribution is 2.33. The Morgan fingerprint density at radius 1 is 0.941 bits per heavy atom. The van der Waals surface area contributed by atoms with E-state index >= 15 is 0 Å². The molecule has 6 N–H and O–H groups in total. The minimum atomic E-state index is -0.00103. The number of benzene rings is 1. The number of halogens is 2. The molecule has 1 heterocycles. The van der Waals surface area contributed by atoms with E-state index in [9.17, 15) is 0 Å². The number of rotatable bonds is 1. The Balaban J connectivity index is 2.61. The average molecular weight is 271 g/mol. The molecule has 8 heteroatoms. The predicted molar refractivity (Wildman–Crippen MR) is 68.5 cm³/mol. The van der Waals surface area contributed by atoms with E-state index in [1.165, 1.54) is 0 Å². The first-order valence-electron chi connectivity index (χ1n) is 4.49. The van der Waals surface area contributed by atoms with Gasteiger partial charge in [0.25, 0.3) is 0 Å². The Kier molecular flexibility index (Phi) is 2.91. The molecule has 6 nitrogen and oxygen atoms in total. The van der Waals surface area contributed by atoms with Crippen LogP contribution in [0.15, 0.2) is 12.1 Å². The highest BCUT2D eigenvalue weighted by molar-refractivity contribution is 6.39. The standard InChI is InChI=1S/C9H8Cl2N6/c10-4-1-3(2-5(11)6(4)12)7-8(13)15-9(14)17-16-7/h1-2H,12H2,(H4,13,14,15,17). The molecule has 0 aliphatic heterocycles. The van der Waals surface area contributed by atoms with Crippen molar-refractivity contribution in [1.29, 1.82) is 0 Å². The fourth-order valence-corrected chi connectivity index (χ4v) is 1.76. The molecule has 0 aliphatic rings. The summed E-state index contributed by atoms with van der Waals surface area (Å²) in [7, 11) is 0. The molecule has 1 aromatic carbocycles. The number of hydrogen-bond donors (Lipinski definition) is 3. The number of anilines is 3. The smallest absolute Gasteiger partial charge is 0.242 e. The Labute approximate surface area is 107 Å². The van der Waals surface area contributed by atoms with Gasteiger partial charge in [-0.2, -0.15) is 4.98 Å². The van der Waals surface area contributed by atoms with Crippen LogP contribution in [0, 0.1) is 0 Å². The lowest BCUT2D eigenvalue weighted by Crippen LogP contribution is -2.04. The third-order valence-electron chi connectivity index (χ3n) is 2.08. The molecular weight excluding hydrogens is 263 g/mol. The zero-order valence-corrected chi connectivity index (χ0v) is 10.00. The van der Waals surface area contributed by atoms with Crippen molar-refractivity contribution in [2.45, 2.75) is 0 Å². The minimum Gasteiger partial charge on any atom is -0.396 e. The van der Waals surface area contributed by atoms with Gasteiger partial charge in [0.1, 0.15) is 5.69 Å². The third-order valence-corrected chi connectivity index (χ3v) is 2.71. The first kappa shape index (κ1) is 11.7. The van der Waals surface area contributed by atoms with Gasteiger partial charge in [0, 0.05) is 5.56 Å². The van der Waals surface area contributed by atoms with Crippen LogP contribution in [0.5, 0.6) is 0 Å². The van der Waals surface area contributed by atoms with Crippen molar-refractivity contribution in [3.05, 3.63) is 22.2 Å². The molecule has 0 atom stereocenters. The number of aromatic nitrogens is 3. The molecule has 2 rings (SSSR count). The summed E-state index contributed by atoms with van der Waals surface area (Å²) in [4.78, 5) is 3.80. The number of hydrogen-bond acceptors (Lipinski definition) is 6. The number of nitrogen functional groups attached to an aromatic ring is 3. The maximum absolute atomic E-state index is 5.91.